The maximum Gasteiger partial charge on any atom is 0.194 e. The second-order valence-corrected chi connectivity index (χ2v) is 3.18. The van der Waals surface area contributed by atoms with Crippen molar-refractivity contribution in [2.24, 2.45) is 0 Å². The van der Waals surface area contributed by atoms with Gasteiger partial charge in [-0.05, 0) is 13.3 Å². The summed E-state index contributed by atoms with van der Waals surface area (Å²) in [7, 11) is 0. The van der Waals surface area contributed by atoms with E-state index in [0.717, 1.165) is 19.3 Å². The predicted octanol–water partition coefficient (Wildman–Crippen LogP) is 1.07. The highest BCUT2D eigenvalue weighted by Gasteiger charge is 2.25. The Bertz CT molecular complexity index is 169. The molecule has 2 heterocycles. The van der Waals surface area contributed by atoms with Crippen molar-refractivity contribution in [1.29, 1.82) is 0 Å². The Morgan fingerprint density at radius 1 is 1.07 bits per heavy atom. The summed E-state index contributed by atoms with van der Waals surface area (Å²) in [5.74, 6) is 0. The van der Waals surface area contributed by atoms with E-state index in [-0.39, 0.29) is 25.7 Å². The number of hydrogen-bond acceptors (Lipinski definition) is 6. The molecule has 0 bridgehead atoms. The standard InChI is InChI=1S/C8H14O6/c1-6-11-8(14-12-6)4-2-3-7-9-5-10-13-7/h6-8H,2-5H2,1H3. The maximum absolute atomic E-state index is 5.27. The Morgan fingerprint density at radius 3 is 2.57 bits per heavy atom. The SMILES string of the molecule is CC1OOC(CCCC2OCOO2)O1. The Hall–Kier alpha value is -0.240. The predicted molar refractivity (Wildman–Crippen MR) is 42.3 cm³/mol. The quantitative estimate of drug-likeness (QED) is 0.641. The molecule has 0 aliphatic carbocycles. The maximum atomic E-state index is 5.27. The summed E-state index contributed by atoms with van der Waals surface area (Å²) in [5, 5.41) is 0. The van der Waals surface area contributed by atoms with Crippen molar-refractivity contribution in [3.8, 4) is 0 Å². The van der Waals surface area contributed by atoms with Gasteiger partial charge in [-0.2, -0.15) is 0 Å². The fraction of sp³-hybridized carbons (Fsp3) is 1.00. The van der Waals surface area contributed by atoms with Crippen LogP contribution in [0.25, 0.3) is 0 Å². The van der Waals surface area contributed by atoms with Gasteiger partial charge in [0.25, 0.3) is 0 Å². The summed E-state index contributed by atoms with van der Waals surface area (Å²) in [6.45, 7) is 2.00. The van der Waals surface area contributed by atoms with Crippen LogP contribution in [0.2, 0.25) is 0 Å². The third-order valence-electron chi connectivity index (χ3n) is 2.00. The molecule has 2 aliphatic heterocycles. The van der Waals surface area contributed by atoms with Crippen LogP contribution in [0.15, 0.2) is 0 Å². The van der Waals surface area contributed by atoms with Crippen LogP contribution in [0.3, 0.4) is 0 Å². The van der Waals surface area contributed by atoms with Gasteiger partial charge in [0.05, 0.1) is 0 Å². The van der Waals surface area contributed by atoms with E-state index in [2.05, 4.69) is 4.89 Å². The smallest absolute Gasteiger partial charge is 0.194 e. The van der Waals surface area contributed by atoms with Crippen LogP contribution in [-0.4, -0.2) is 25.7 Å². The normalized spacial score (nSPS) is 37.9. The highest BCUT2D eigenvalue weighted by molar-refractivity contribution is 4.52. The van der Waals surface area contributed by atoms with Gasteiger partial charge >= 0.3 is 0 Å². The summed E-state index contributed by atoms with van der Waals surface area (Å²) in [6.07, 6.45) is 1.59. The largest absolute Gasteiger partial charge is 0.320 e. The van der Waals surface area contributed by atoms with Crippen LogP contribution in [0.1, 0.15) is 26.2 Å². The van der Waals surface area contributed by atoms with Gasteiger partial charge in [-0.25, -0.2) is 19.6 Å². The van der Waals surface area contributed by atoms with E-state index in [1.165, 1.54) is 0 Å². The molecule has 3 unspecified atom stereocenters. The van der Waals surface area contributed by atoms with Crippen molar-refractivity contribution in [2.45, 2.75) is 45.1 Å². The molecule has 0 spiro atoms. The second kappa shape index (κ2) is 5.01. The molecule has 0 saturated carbocycles. The first kappa shape index (κ1) is 10.3. The Balaban J connectivity index is 1.54. The first-order valence-electron chi connectivity index (χ1n) is 4.72. The minimum absolute atomic E-state index is 0.210. The van der Waals surface area contributed by atoms with Gasteiger partial charge in [-0.3, -0.25) is 0 Å². The molecule has 0 aromatic rings. The van der Waals surface area contributed by atoms with Gasteiger partial charge in [0.1, 0.15) is 0 Å². The van der Waals surface area contributed by atoms with Crippen molar-refractivity contribution in [1.82, 2.24) is 0 Å². The molecular weight excluding hydrogens is 192 g/mol. The summed E-state index contributed by atoms with van der Waals surface area (Å²) >= 11 is 0. The number of hydrogen-bond donors (Lipinski definition) is 0. The minimum Gasteiger partial charge on any atom is -0.320 e. The van der Waals surface area contributed by atoms with Gasteiger partial charge in [-0.1, -0.05) is 0 Å². The average molecular weight is 206 g/mol. The molecule has 6 nitrogen and oxygen atoms in total. The lowest BCUT2D eigenvalue weighted by Crippen LogP contribution is -2.12. The van der Waals surface area contributed by atoms with Crippen LogP contribution in [0.4, 0.5) is 0 Å². The fourth-order valence-corrected chi connectivity index (χ4v) is 1.33. The van der Waals surface area contributed by atoms with E-state index in [0.29, 0.717) is 0 Å². The first-order chi connectivity index (χ1) is 6.84. The van der Waals surface area contributed by atoms with Gasteiger partial charge < -0.3 is 9.47 Å². The zero-order valence-electron chi connectivity index (χ0n) is 8.01. The fourth-order valence-electron chi connectivity index (χ4n) is 1.33. The molecule has 3 atom stereocenters. The van der Waals surface area contributed by atoms with E-state index in [1.54, 1.807) is 6.92 Å². The second-order valence-electron chi connectivity index (χ2n) is 3.18. The van der Waals surface area contributed by atoms with E-state index < -0.39 is 0 Å². The lowest BCUT2D eigenvalue weighted by Gasteiger charge is -2.08. The van der Waals surface area contributed by atoms with E-state index in [1.807, 2.05) is 0 Å². The van der Waals surface area contributed by atoms with E-state index >= 15 is 0 Å². The molecule has 0 aromatic carbocycles. The van der Waals surface area contributed by atoms with Crippen molar-refractivity contribution in [3.05, 3.63) is 0 Å². The monoisotopic (exact) mass is 206 g/mol. The molecule has 82 valence electrons. The summed E-state index contributed by atoms with van der Waals surface area (Å²) in [4.78, 5) is 19.1. The van der Waals surface area contributed by atoms with Crippen molar-refractivity contribution in [3.63, 3.8) is 0 Å². The molecule has 0 aromatic heterocycles. The third kappa shape index (κ3) is 2.88. The molecule has 0 amide bonds. The highest BCUT2D eigenvalue weighted by atomic mass is 17.3. The summed E-state index contributed by atoms with van der Waals surface area (Å²) < 4.78 is 10.4. The Labute approximate surface area is 81.8 Å². The molecule has 0 N–H and O–H groups in total. The first-order valence-corrected chi connectivity index (χ1v) is 4.72. The van der Waals surface area contributed by atoms with Gasteiger partial charge in [0.15, 0.2) is 25.7 Å². The molecule has 0 radical (unpaired) electrons. The molecule has 2 saturated heterocycles. The average Bonchev–Trinajstić information content (AvgIpc) is 2.77. The van der Waals surface area contributed by atoms with Crippen molar-refractivity contribution in [2.75, 3.05) is 6.79 Å². The zero-order valence-corrected chi connectivity index (χ0v) is 8.01. The lowest BCUT2D eigenvalue weighted by molar-refractivity contribution is -0.295. The van der Waals surface area contributed by atoms with Gasteiger partial charge in [0, 0.05) is 12.8 Å². The molecule has 6 heteroatoms. The lowest BCUT2D eigenvalue weighted by atomic mass is 10.2. The zero-order chi connectivity index (χ0) is 9.80. The summed E-state index contributed by atoms with van der Waals surface area (Å²) in [5.41, 5.74) is 0. The molecule has 2 rings (SSSR count). The molecular formula is C8H14O6. The van der Waals surface area contributed by atoms with Crippen LogP contribution in [0, 0.1) is 0 Å². The Morgan fingerprint density at radius 2 is 1.93 bits per heavy atom. The van der Waals surface area contributed by atoms with Crippen molar-refractivity contribution < 1.29 is 29.0 Å². The van der Waals surface area contributed by atoms with Crippen LogP contribution in [0.5, 0.6) is 0 Å². The van der Waals surface area contributed by atoms with Crippen LogP contribution < -0.4 is 0 Å². The Kier molecular flexibility index (Phi) is 3.68. The van der Waals surface area contributed by atoms with Gasteiger partial charge in [0.2, 0.25) is 0 Å². The van der Waals surface area contributed by atoms with Crippen LogP contribution >= 0.6 is 0 Å². The van der Waals surface area contributed by atoms with E-state index in [4.69, 9.17) is 24.1 Å². The number of ether oxygens (including phenoxy) is 2. The summed E-state index contributed by atoms with van der Waals surface area (Å²) in [6, 6.07) is 0. The third-order valence-corrected chi connectivity index (χ3v) is 2.00. The number of rotatable bonds is 4. The molecule has 2 fully saturated rings. The minimum atomic E-state index is -0.276. The molecule has 2 aliphatic rings. The molecule has 14 heavy (non-hydrogen) atoms. The highest BCUT2D eigenvalue weighted by Crippen LogP contribution is 2.19. The van der Waals surface area contributed by atoms with Crippen molar-refractivity contribution >= 4 is 0 Å². The van der Waals surface area contributed by atoms with Crippen LogP contribution in [-0.2, 0) is 29.0 Å². The van der Waals surface area contributed by atoms with Gasteiger partial charge in [-0.15, -0.1) is 0 Å². The topological polar surface area (TPSA) is 55.4 Å². The van der Waals surface area contributed by atoms with E-state index in [9.17, 15) is 0 Å².